The predicted molar refractivity (Wildman–Crippen MR) is 231 cm³/mol. The fourth-order valence-corrected chi connectivity index (χ4v) is 7.61. The molecule has 48 heavy (non-hydrogen) atoms. The van der Waals surface area contributed by atoms with Crippen LogP contribution in [0.15, 0.2) is 36.4 Å². The van der Waals surface area contributed by atoms with Crippen molar-refractivity contribution in [1.82, 2.24) is 0 Å². The largest absolute Gasteiger partial charge is 0.333 e. The lowest BCUT2D eigenvalue weighted by Crippen LogP contribution is -2.40. The minimum atomic E-state index is 0.650. The normalized spacial score (nSPS) is 11.2. The first-order chi connectivity index (χ1) is 23.4. The molecule has 270 valence electrons. The molecular weight excluding hydrogens is 661 g/mol. The first-order valence-corrected chi connectivity index (χ1v) is 21.5. The Morgan fingerprint density at radius 3 is 1.06 bits per heavy atom. The van der Waals surface area contributed by atoms with Crippen molar-refractivity contribution in [3.8, 4) is 0 Å². The van der Waals surface area contributed by atoms with E-state index < -0.39 is 0 Å². The van der Waals surface area contributed by atoms with E-state index in [1.54, 1.807) is 0 Å². The van der Waals surface area contributed by atoms with Crippen LogP contribution in [0.2, 0.25) is 0 Å². The van der Waals surface area contributed by atoms with E-state index >= 15 is 0 Å². The molecule has 2 aromatic carbocycles. The molecule has 0 spiro atoms. The van der Waals surface area contributed by atoms with E-state index in [1.165, 1.54) is 151 Å². The molecule has 0 unspecified atom stereocenters. The number of unbranched alkanes of at least 4 members (excludes halogenated alkanes) is 18. The van der Waals surface area contributed by atoms with E-state index in [-0.39, 0.29) is 0 Å². The van der Waals surface area contributed by atoms with Crippen LogP contribution >= 0.6 is 49.7 Å². The molecular formula is C42H68N2S4. The maximum absolute atomic E-state index is 5.98. The van der Waals surface area contributed by atoms with Gasteiger partial charge in [-0.2, -0.15) is 25.3 Å². The van der Waals surface area contributed by atoms with Gasteiger partial charge in [-0.05, 0) is 60.1 Å². The van der Waals surface area contributed by atoms with Crippen molar-refractivity contribution < 1.29 is 0 Å². The number of benzene rings is 2. The van der Waals surface area contributed by atoms with E-state index in [9.17, 15) is 0 Å². The van der Waals surface area contributed by atoms with Gasteiger partial charge in [0.2, 0.25) is 0 Å². The molecule has 6 heteroatoms. The fourth-order valence-electron chi connectivity index (χ4n) is 6.64. The molecule has 0 radical (unpaired) electrons. The Kier molecular flexibility index (Phi) is 24.0. The van der Waals surface area contributed by atoms with Crippen molar-refractivity contribution in [2.75, 3.05) is 23.9 Å². The van der Waals surface area contributed by atoms with Crippen LogP contribution in [0.5, 0.6) is 0 Å². The van der Waals surface area contributed by atoms with Crippen LogP contribution in [-0.4, -0.2) is 24.1 Å². The average Bonchev–Trinajstić information content (AvgIpc) is 3.11. The van der Waals surface area contributed by atoms with Gasteiger partial charge < -0.3 is 9.80 Å². The Morgan fingerprint density at radius 2 is 0.771 bits per heavy atom. The lowest BCUT2D eigenvalue weighted by atomic mass is 10.0. The number of thiocarbonyl (C=S) groups is 2. The van der Waals surface area contributed by atoms with E-state index in [0.29, 0.717) is 21.5 Å². The zero-order valence-corrected chi connectivity index (χ0v) is 34.5. The summed E-state index contributed by atoms with van der Waals surface area (Å²) in [5, 5.41) is 0. The summed E-state index contributed by atoms with van der Waals surface area (Å²) >= 11 is 21.3. The first-order valence-electron chi connectivity index (χ1n) is 19.4. The van der Waals surface area contributed by atoms with Gasteiger partial charge in [0.05, 0.1) is 0 Å². The highest BCUT2D eigenvalue weighted by Crippen LogP contribution is 2.28. The molecule has 0 aliphatic carbocycles. The van der Waals surface area contributed by atoms with Gasteiger partial charge in [0.15, 0.2) is 0 Å². The van der Waals surface area contributed by atoms with Crippen molar-refractivity contribution in [2.45, 2.75) is 167 Å². The number of anilines is 2. The highest BCUT2D eigenvalue weighted by molar-refractivity contribution is 7.89. The molecule has 0 aliphatic rings. The summed E-state index contributed by atoms with van der Waals surface area (Å²) in [5.74, 6) is 1.34. The van der Waals surface area contributed by atoms with E-state index in [1.807, 2.05) is 14.1 Å². The van der Waals surface area contributed by atoms with Gasteiger partial charge in [-0.15, -0.1) is 0 Å². The predicted octanol–water partition coefficient (Wildman–Crippen LogP) is 13.7. The van der Waals surface area contributed by atoms with Gasteiger partial charge in [-0.1, -0.05) is 178 Å². The summed E-state index contributed by atoms with van der Waals surface area (Å²) in [7, 11) is 4.06. The summed E-state index contributed by atoms with van der Waals surface area (Å²) in [4.78, 5) is 5.42. The maximum atomic E-state index is 5.98. The number of hydrogen-bond donors (Lipinski definition) is 2. The summed E-state index contributed by atoms with van der Waals surface area (Å²) in [6, 6.07) is 13.5. The molecule has 0 heterocycles. The lowest BCUT2D eigenvalue weighted by Gasteiger charge is -2.29. The smallest absolute Gasteiger partial charge is 0.141 e. The highest BCUT2D eigenvalue weighted by Gasteiger charge is 2.20. The summed E-state index contributed by atoms with van der Waals surface area (Å²) in [6.45, 7) is 4.57. The van der Waals surface area contributed by atoms with Crippen molar-refractivity contribution in [3.05, 3.63) is 58.7 Å². The molecule has 0 atom stereocenters. The third kappa shape index (κ3) is 16.3. The third-order valence-corrected chi connectivity index (χ3v) is 11.5. The Balaban J connectivity index is 1.85. The molecule has 0 amide bonds. The molecule has 0 fully saturated rings. The van der Waals surface area contributed by atoms with Gasteiger partial charge in [0, 0.05) is 37.0 Å². The quantitative estimate of drug-likeness (QED) is 0.0565. The van der Waals surface area contributed by atoms with Crippen molar-refractivity contribution >= 4 is 71.0 Å². The standard InChI is InChI=1S/C42H68N2S4/c1-5-7-9-11-13-15-17-19-21-23-25-35-27-29-39(37(31-35)33-45)43(3)41(47)42(48)44(4)40-30-28-36(32-38(40)34-46)26-24-22-20-18-16-14-12-10-8-6-2/h27-32,45-46H,5-26,33-34H2,1-4H3. The average molecular weight is 729 g/mol. The van der Waals surface area contributed by atoms with E-state index in [2.05, 4.69) is 60.0 Å². The molecule has 0 N–H and O–H groups in total. The second-order valence-corrected chi connectivity index (χ2v) is 15.2. The summed E-state index contributed by atoms with van der Waals surface area (Å²) < 4.78 is 0. The fraction of sp³-hybridized carbons (Fsp3) is 0.667. The first kappa shape index (κ1) is 43.1. The second kappa shape index (κ2) is 26.7. The van der Waals surface area contributed by atoms with Gasteiger partial charge in [0.1, 0.15) is 9.98 Å². The Labute approximate surface area is 318 Å². The zero-order chi connectivity index (χ0) is 35.0. The van der Waals surface area contributed by atoms with Crippen LogP contribution < -0.4 is 9.80 Å². The third-order valence-electron chi connectivity index (χ3n) is 9.78. The molecule has 2 rings (SSSR count). The van der Waals surface area contributed by atoms with Crippen LogP contribution in [0.4, 0.5) is 11.4 Å². The number of hydrogen-bond acceptors (Lipinski definition) is 4. The minimum Gasteiger partial charge on any atom is -0.333 e. The molecule has 0 bridgehead atoms. The van der Waals surface area contributed by atoms with Gasteiger partial charge >= 0.3 is 0 Å². The summed E-state index contributed by atoms with van der Waals surface area (Å²) in [5.41, 5.74) is 7.34. The number of likely N-dealkylation sites (N-methyl/N-ethyl adjacent to an activating group) is 2. The highest BCUT2D eigenvalue weighted by atomic mass is 32.1. The molecule has 0 aromatic heterocycles. The monoisotopic (exact) mass is 728 g/mol. The van der Waals surface area contributed by atoms with E-state index in [4.69, 9.17) is 49.7 Å². The topological polar surface area (TPSA) is 6.48 Å². The van der Waals surface area contributed by atoms with Gasteiger partial charge in [-0.3, -0.25) is 0 Å². The van der Waals surface area contributed by atoms with Crippen LogP contribution in [0.25, 0.3) is 0 Å². The van der Waals surface area contributed by atoms with Crippen LogP contribution in [0, 0.1) is 0 Å². The van der Waals surface area contributed by atoms with Crippen LogP contribution in [0.3, 0.4) is 0 Å². The van der Waals surface area contributed by atoms with E-state index in [0.717, 1.165) is 24.2 Å². The zero-order valence-electron chi connectivity index (χ0n) is 31.0. The molecule has 2 nitrogen and oxygen atoms in total. The summed E-state index contributed by atoms with van der Waals surface area (Å²) in [6.07, 6.45) is 29.5. The molecule has 0 aliphatic heterocycles. The van der Waals surface area contributed by atoms with Gasteiger partial charge in [0.25, 0.3) is 0 Å². The van der Waals surface area contributed by atoms with Crippen LogP contribution in [-0.2, 0) is 24.3 Å². The number of nitrogens with zero attached hydrogens (tertiary/aromatic N) is 2. The molecule has 0 saturated carbocycles. The maximum Gasteiger partial charge on any atom is 0.141 e. The minimum absolute atomic E-state index is 0.650. The van der Waals surface area contributed by atoms with Crippen LogP contribution in [0.1, 0.15) is 165 Å². The second-order valence-electron chi connectivity index (χ2n) is 13.8. The number of thiol groups is 2. The number of rotatable bonds is 26. The SMILES string of the molecule is CCCCCCCCCCCCc1ccc(N(C)C(=S)C(=S)N(C)c2ccc(CCCCCCCCCCCC)cc2CS)c(CS)c1. The van der Waals surface area contributed by atoms with Crippen molar-refractivity contribution in [2.24, 2.45) is 0 Å². The molecule has 2 aromatic rings. The molecule has 0 saturated heterocycles. The number of aryl methyl sites for hydroxylation is 2. The van der Waals surface area contributed by atoms with Crippen molar-refractivity contribution in [1.29, 1.82) is 0 Å². The Bertz CT molecular complexity index is 1090. The lowest BCUT2D eigenvalue weighted by molar-refractivity contribution is 0.556. The Hall–Kier alpha value is -1.08. The van der Waals surface area contributed by atoms with Gasteiger partial charge in [-0.25, -0.2) is 0 Å². The van der Waals surface area contributed by atoms with Crippen molar-refractivity contribution in [3.63, 3.8) is 0 Å². The Morgan fingerprint density at radius 1 is 0.479 bits per heavy atom.